The highest BCUT2D eigenvalue weighted by atomic mass is 16.1. The standard InChI is InChI=1S/C21H31N5O/c1-5-19(20-15(2)24-25(4)16(20)3)23-21(27)18-8-11-26(12-9-18)14-17-7-6-10-22-13-17/h6-7,10,13,18-19H,5,8-9,11-12,14H2,1-4H3,(H,23,27). The zero-order valence-electron chi connectivity index (χ0n) is 16.9. The van der Waals surface area contributed by atoms with Crippen molar-refractivity contribution in [1.82, 2.24) is 25.0 Å². The van der Waals surface area contributed by atoms with Crippen LogP contribution in [0.15, 0.2) is 24.5 Å². The summed E-state index contributed by atoms with van der Waals surface area (Å²) >= 11 is 0. The Balaban J connectivity index is 1.55. The molecule has 6 nitrogen and oxygen atoms in total. The van der Waals surface area contributed by atoms with Gasteiger partial charge in [-0.15, -0.1) is 0 Å². The molecule has 1 amide bonds. The van der Waals surface area contributed by atoms with E-state index in [9.17, 15) is 4.79 Å². The molecule has 6 heteroatoms. The predicted molar refractivity (Wildman–Crippen MR) is 106 cm³/mol. The summed E-state index contributed by atoms with van der Waals surface area (Å²) in [6, 6.07) is 4.12. The maximum Gasteiger partial charge on any atom is 0.223 e. The number of nitrogens with one attached hydrogen (secondary N) is 1. The Kier molecular flexibility index (Phi) is 6.26. The summed E-state index contributed by atoms with van der Waals surface area (Å²) in [6.45, 7) is 9.03. The van der Waals surface area contributed by atoms with Crippen LogP contribution in [0.1, 0.15) is 54.7 Å². The molecule has 2 aromatic rings. The molecule has 1 fully saturated rings. The normalized spacial score (nSPS) is 17.0. The number of rotatable bonds is 6. The number of nitrogens with zero attached hydrogens (tertiary/aromatic N) is 4. The highest BCUT2D eigenvalue weighted by Gasteiger charge is 2.28. The summed E-state index contributed by atoms with van der Waals surface area (Å²) in [5, 5.41) is 7.79. The molecule has 0 aromatic carbocycles. The third kappa shape index (κ3) is 4.56. The number of piperidine rings is 1. The second-order valence-electron chi connectivity index (χ2n) is 7.59. The number of likely N-dealkylation sites (tertiary alicyclic amines) is 1. The molecule has 3 rings (SSSR count). The van der Waals surface area contributed by atoms with Crippen molar-refractivity contribution < 1.29 is 4.79 Å². The molecule has 0 aliphatic carbocycles. The Morgan fingerprint density at radius 1 is 1.33 bits per heavy atom. The number of aryl methyl sites for hydroxylation is 2. The van der Waals surface area contributed by atoms with Gasteiger partial charge in [0.15, 0.2) is 0 Å². The Labute approximate surface area is 162 Å². The van der Waals surface area contributed by atoms with Crippen molar-refractivity contribution in [2.75, 3.05) is 13.1 Å². The fourth-order valence-electron chi connectivity index (χ4n) is 4.07. The van der Waals surface area contributed by atoms with E-state index in [1.165, 1.54) is 11.1 Å². The lowest BCUT2D eigenvalue weighted by atomic mass is 9.94. The van der Waals surface area contributed by atoms with E-state index < -0.39 is 0 Å². The minimum absolute atomic E-state index is 0.0413. The van der Waals surface area contributed by atoms with E-state index in [-0.39, 0.29) is 17.9 Å². The molecule has 1 aliphatic heterocycles. The summed E-state index contributed by atoms with van der Waals surface area (Å²) in [5.74, 6) is 0.284. The van der Waals surface area contributed by atoms with Crippen LogP contribution in [0.3, 0.4) is 0 Å². The summed E-state index contributed by atoms with van der Waals surface area (Å²) < 4.78 is 1.90. The predicted octanol–water partition coefficient (Wildman–Crippen LogP) is 2.91. The number of hydrogen-bond donors (Lipinski definition) is 1. The molecular formula is C21H31N5O. The third-order valence-electron chi connectivity index (χ3n) is 5.73. The van der Waals surface area contributed by atoms with E-state index in [2.05, 4.69) is 40.2 Å². The van der Waals surface area contributed by atoms with Crippen LogP contribution in [0, 0.1) is 19.8 Å². The fraction of sp³-hybridized carbons (Fsp3) is 0.571. The van der Waals surface area contributed by atoms with E-state index in [0.29, 0.717) is 0 Å². The molecule has 3 heterocycles. The van der Waals surface area contributed by atoms with E-state index >= 15 is 0 Å². The Morgan fingerprint density at radius 3 is 2.63 bits per heavy atom. The highest BCUT2D eigenvalue weighted by Crippen LogP contribution is 2.26. The van der Waals surface area contributed by atoms with E-state index in [1.807, 2.05) is 30.9 Å². The average molecular weight is 370 g/mol. The van der Waals surface area contributed by atoms with E-state index in [1.54, 1.807) is 6.20 Å². The first-order valence-electron chi connectivity index (χ1n) is 9.91. The summed E-state index contributed by atoms with van der Waals surface area (Å²) in [6.07, 6.45) is 6.42. The molecule has 1 unspecified atom stereocenters. The summed E-state index contributed by atoms with van der Waals surface area (Å²) in [7, 11) is 1.96. The summed E-state index contributed by atoms with van der Waals surface area (Å²) in [4.78, 5) is 19.5. The van der Waals surface area contributed by atoms with Crippen LogP contribution in [-0.2, 0) is 18.4 Å². The largest absolute Gasteiger partial charge is 0.349 e. The molecule has 1 saturated heterocycles. The van der Waals surface area contributed by atoms with Crippen molar-refractivity contribution in [2.24, 2.45) is 13.0 Å². The zero-order valence-corrected chi connectivity index (χ0v) is 16.9. The Bertz CT molecular complexity index is 762. The van der Waals surface area contributed by atoms with Gasteiger partial charge in [0.2, 0.25) is 5.91 Å². The van der Waals surface area contributed by atoms with Crippen molar-refractivity contribution in [1.29, 1.82) is 0 Å². The van der Waals surface area contributed by atoms with Gasteiger partial charge in [-0.1, -0.05) is 13.0 Å². The van der Waals surface area contributed by atoms with Crippen molar-refractivity contribution >= 4 is 5.91 Å². The molecule has 27 heavy (non-hydrogen) atoms. The third-order valence-corrected chi connectivity index (χ3v) is 5.73. The molecule has 2 aromatic heterocycles. The van der Waals surface area contributed by atoms with E-state index in [0.717, 1.165) is 50.3 Å². The van der Waals surface area contributed by atoms with Gasteiger partial charge in [-0.2, -0.15) is 5.10 Å². The van der Waals surface area contributed by atoms with Crippen LogP contribution in [0.2, 0.25) is 0 Å². The number of amides is 1. The van der Waals surface area contributed by atoms with Gasteiger partial charge in [0.1, 0.15) is 0 Å². The first-order valence-corrected chi connectivity index (χ1v) is 9.91. The number of carbonyl (C=O) groups is 1. The monoisotopic (exact) mass is 369 g/mol. The number of carbonyl (C=O) groups excluding carboxylic acids is 1. The topological polar surface area (TPSA) is 63.1 Å². The van der Waals surface area contributed by atoms with Crippen LogP contribution >= 0.6 is 0 Å². The Morgan fingerprint density at radius 2 is 2.07 bits per heavy atom. The van der Waals surface area contributed by atoms with Crippen molar-refractivity contribution in [3.63, 3.8) is 0 Å². The molecule has 0 spiro atoms. The SMILES string of the molecule is CCC(NC(=O)C1CCN(Cc2cccnc2)CC1)c1c(C)nn(C)c1C. The van der Waals surface area contributed by atoms with Crippen LogP contribution in [0.5, 0.6) is 0 Å². The lowest BCUT2D eigenvalue weighted by molar-refractivity contribution is -0.127. The van der Waals surface area contributed by atoms with E-state index in [4.69, 9.17) is 0 Å². The second kappa shape index (κ2) is 8.65. The molecule has 146 valence electrons. The van der Waals surface area contributed by atoms with Gasteiger partial charge in [0, 0.05) is 43.2 Å². The number of aromatic nitrogens is 3. The van der Waals surface area contributed by atoms with Crippen LogP contribution in [0.4, 0.5) is 0 Å². The van der Waals surface area contributed by atoms with Crippen LogP contribution < -0.4 is 5.32 Å². The van der Waals surface area contributed by atoms with Gasteiger partial charge in [0.05, 0.1) is 11.7 Å². The minimum Gasteiger partial charge on any atom is -0.349 e. The number of pyridine rings is 1. The minimum atomic E-state index is 0.0413. The smallest absolute Gasteiger partial charge is 0.223 e. The van der Waals surface area contributed by atoms with Crippen molar-refractivity contribution in [3.05, 3.63) is 47.0 Å². The highest BCUT2D eigenvalue weighted by molar-refractivity contribution is 5.79. The van der Waals surface area contributed by atoms with Gasteiger partial charge in [-0.05, 0) is 57.8 Å². The van der Waals surface area contributed by atoms with Gasteiger partial charge in [-0.25, -0.2) is 0 Å². The van der Waals surface area contributed by atoms with Gasteiger partial charge >= 0.3 is 0 Å². The van der Waals surface area contributed by atoms with Crippen LogP contribution in [0.25, 0.3) is 0 Å². The molecule has 0 saturated carbocycles. The fourth-order valence-corrected chi connectivity index (χ4v) is 4.07. The molecule has 1 N–H and O–H groups in total. The lowest BCUT2D eigenvalue weighted by Gasteiger charge is -2.32. The maximum absolute atomic E-state index is 12.9. The number of hydrogen-bond acceptors (Lipinski definition) is 4. The summed E-state index contributed by atoms with van der Waals surface area (Å²) in [5.41, 5.74) is 4.54. The van der Waals surface area contributed by atoms with Crippen LogP contribution in [-0.4, -0.2) is 38.7 Å². The van der Waals surface area contributed by atoms with Gasteiger partial charge in [0.25, 0.3) is 0 Å². The van der Waals surface area contributed by atoms with Crippen molar-refractivity contribution in [2.45, 2.75) is 52.6 Å². The molecular weight excluding hydrogens is 338 g/mol. The first-order chi connectivity index (χ1) is 13.0. The van der Waals surface area contributed by atoms with Crippen molar-refractivity contribution in [3.8, 4) is 0 Å². The molecule has 0 bridgehead atoms. The molecule has 1 aliphatic rings. The quantitative estimate of drug-likeness (QED) is 0.850. The molecule has 1 atom stereocenters. The lowest BCUT2D eigenvalue weighted by Crippen LogP contribution is -2.41. The van der Waals surface area contributed by atoms with Gasteiger partial charge < -0.3 is 5.32 Å². The van der Waals surface area contributed by atoms with Gasteiger partial charge in [-0.3, -0.25) is 19.4 Å². The second-order valence-corrected chi connectivity index (χ2v) is 7.59. The maximum atomic E-state index is 12.9. The first kappa shape index (κ1) is 19.5. The Hall–Kier alpha value is -2.21. The molecule has 0 radical (unpaired) electrons. The average Bonchev–Trinajstić information content (AvgIpc) is 2.93. The zero-order chi connectivity index (χ0) is 19.4.